The first-order valence-corrected chi connectivity index (χ1v) is 5.31. The van der Waals surface area contributed by atoms with Crippen LogP contribution in [-0.2, 0) is 9.53 Å². The Bertz CT molecular complexity index is 396. The molecule has 0 radical (unpaired) electrons. The Kier molecular flexibility index (Phi) is 2.92. The predicted molar refractivity (Wildman–Crippen MR) is 58.6 cm³/mol. The molecule has 0 saturated carbocycles. The molecule has 86 valence electrons. The molecule has 0 bridgehead atoms. The first-order chi connectivity index (χ1) is 7.66. The lowest BCUT2D eigenvalue weighted by molar-refractivity contribution is -0.156. The van der Waals surface area contributed by atoms with E-state index in [-0.39, 0.29) is 11.7 Å². The van der Waals surface area contributed by atoms with Gasteiger partial charge in [0.1, 0.15) is 5.82 Å². The third-order valence-corrected chi connectivity index (χ3v) is 3.00. The van der Waals surface area contributed by atoms with Gasteiger partial charge in [0, 0.05) is 5.69 Å². The van der Waals surface area contributed by atoms with Gasteiger partial charge in [-0.25, -0.2) is 4.39 Å². The molecule has 4 heteroatoms. The van der Waals surface area contributed by atoms with Crippen LogP contribution in [0.15, 0.2) is 24.3 Å². The van der Waals surface area contributed by atoms with E-state index in [0.29, 0.717) is 18.9 Å². The number of carbonyl (C=O) groups excluding carboxylic acids is 1. The lowest BCUT2D eigenvalue weighted by Crippen LogP contribution is -2.51. The van der Waals surface area contributed by atoms with Gasteiger partial charge in [-0.2, -0.15) is 0 Å². The third kappa shape index (κ3) is 1.93. The summed E-state index contributed by atoms with van der Waals surface area (Å²) in [5.74, 6) is -0.444. The van der Waals surface area contributed by atoms with Crippen LogP contribution < -0.4 is 5.32 Å². The molecule has 2 rings (SSSR count). The van der Waals surface area contributed by atoms with Crippen molar-refractivity contribution in [1.82, 2.24) is 0 Å². The van der Waals surface area contributed by atoms with E-state index in [0.717, 1.165) is 6.42 Å². The van der Waals surface area contributed by atoms with E-state index in [4.69, 9.17) is 4.74 Å². The molecule has 3 nitrogen and oxygen atoms in total. The van der Waals surface area contributed by atoms with Gasteiger partial charge in [-0.05, 0) is 24.6 Å². The van der Waals surface area contributed by atoms with Gasteiger partial charge in [0.25, 0.3) is 0 Å². The van der Waals surface area contributed by atoms with Gasteiger partial charge in [0.05, 0.1) is 18.6 Å². The normalized spacial score (nSPS) is 17.6. The van der Waals surface area contributed by atoms with Crippen molar-refractivity contribution in [2.75, 3.05) is 18.5 Å². The van der Waals surface area contributed by atoms with Crippen molar-refractivity contribution in [1.29, 1.82) is 0 Å². The number of carbonyl (C=O) groups is 1. The van der Waals surface area contributed by atoms with Crippen LogP contribution in [0.3, 0.4) is 0 Å². The first kappa shape index (κ1) is 11.1. The molecule has 0 atom stereocenters. The highest BCUT2D eigenvalue weighted by atomic mass is 19.1. The Morgan fingerprint density at radius 3 is 2.81 bits per heavy atom. The second-order valence-electron chi connectivity index (χ2n) is 4.09. The zero-order valence-electron chi connectivity index (χ0n) is 9.13. The molecule has 0 aromatic heterocycles. The van der Waals surface area contributed by atoms with Crippen LogP contribution in [0.1, 0.15) is 13.3 Å². The van der Waals surface area contributed by atoms with Crippen LogP contribution in [0.5, 0.6) is 0 Å². The molecule has 16 heavy (non-hydrogen) atoms. The van der Waals surface area contributed by atoms with E-state index in [9.17, 15) is 9.18 Å². The molecule has 0 spiro atoms. The average molecular weight is 223 g/mol. The highest BCUT2D eigenvalue weighted by Gasteiger charge is 2.44. The zero-order chi connectivity index (χ0) is 11.6. The second-order valence-corrected chi connectivity index (χ2v) is 4.09. The lowest BCUT2D eigenvalue weighted by Gasteiger charge is -2.38. The van der Waals surface area contributed by atoms with Crippen molar-refractivity contribution < 1.29 is 13.9 Å². The topological polar surface area (TPSA) is 38.3 Å². The summed E-state index contributed by atoms with van der Waals surface area (Å²) in [4.78, 5) is 11.9. The van der Waals surface area contributed by atoms with E-state index in [1.165, 1.54) is 12.1 Å². The summed E-state index contributed by atoms with van der Waals surface area (Å²) < 4.78 is 18.0. The second kappa shape index (κ2) is 4.22. The van der Waals surface area contributed by atoms with E-state index >= 15 is 0 Å². The largest absolute Gasteiger partial charge is 0.379 e. The number of halogens is 1. The number of hydrogen-bond acceptors (Lipinski definition) is 2. The smallest absolute Gasteiger partial charge is 0.235 e. The maximum atomic E-state index is 12.9. The molecule has 1 heterocycles. The molecule has 1 fully saturated rings. The van der Waals surface area contributed by atoms with Gasteiger partial charge in [-0.15, -0.1) is 0 Å². The fourth-order valence-corrected chi connectivity index (χ4v) is 1.67. The number of anilines is 1. The summed E-state index contributed by atoms with van der Waals surface area (Å²) in [7, 11) is 0. The molecule has 1 N–H and O–H groups in total. The SMILES string of the molecule is CCC1(C(=O)Nc2cccc(F)c2)COC1. The van der Waals surface area contributed by atoms with Crippen LogP contribution in [0.4, 0.5) is 10.1 Å². The summed E-state index contributed by atoms with van der Waals surface area (Å²) in [5.41, 5.74) is 0.0662. The average Bonchev–Trinajstić information content (AvgIpc) is 2.16. The number of rotatable bonds is 3. The maximum absolute atomic E-state index is 12.9. The summed E-state index contributed by atoms with van der Waals surface area (Å²) in [6, 6.07) is 5.89. The summed E-state index contributed by atoms with van der Waals surface area (Å²) in [5, 5.41) is 2.72. The third-order valence-electron chi connectivity index (χ3n) is 3.00. The minimum absolute atomic E-state index is 0.0909. The number of amides is 1. The quantitative estimate of drug-likeness (QED) is 0.853. The van der Waals surface area contributed by atoms with E-state index in [2.05, 4.69) is 5.32 Å². The molecule has 1 aliphatic rings. The monoisotopic (exact) mass is 223 g/mol. The number of ether oxygens (including phenoxy) is 1. The van der Waals surface area contributed by atoms with Crippen LogP contribution in [0.2, 0.25) is 0 Å². The van der Waals surface area contributed by atoms with E-state index < -0.39 is 5.41 Å². The van der Waals surface area contributed by atoms with Crippen molar-refractivity contribution in [3.8, 4) is 0 Å². The number of hydrogen-bond donors (Lipinski definition) is 1. The molecular weight excluding hydrogens is 209 g/mol. The minimum atomic E-state index is -0.424. The van der Waals surface area contributed by atoms with Gasteiger partial charge >= 0.3 is 0 Å². The molecule has 1 amide bonds. The molecule has 0 unspecified atom stereocenters. The Morgan fingerprint density at radius 2 is 2.31 bits per heavy atom. The first-order valence-electron chi connectivity index (χ1n) is 5.31. The fraction of sp³-hybridized carbons (Fsp3) is 0.417. The van der Waals surface area contributed by atoms with Gasteiger partial charge in [-0.1, -0.05) is 13.0 Å². The van der Waals surface area contributed by atoms with Crippen LogP contribution in [-0.4, -0.2) is 19.1 Å². The highest BCUT2D eigenvalue weighted by Crippen LogP contribution is 2.32. The summed E-state index contributed by atoms with van der Waals surface area (Å²) >= 11 is 0. The number of nitrogens with one attached hydrogen (secondary N) is 1. The molecule has 1 aromatic rings. The Morgan fingerprint density at radius 1 is 1.56 bits per heavy atom. The lowest BCUT2D eigenvalue weighted by atomic mass is 9.82. The van der Waals surface area contributed by atoms with Gasteiger partial charge in [-0.3, -0.25) is 4.79 Å². The van der Waals surface area contributed by atoms with E-state index in [1.54, 1.807) is 12.1 Å². The summed E-state index contributed by atoms with van der Waals surface area (Å²) in [6.07, 6.45) is 0.730. The van der Waals surface area contributed by atoms with Crippen molar-refractivity contribution in [2.45, 2.75) is 13.3 Å². The molecule has 1 aliphatic heterocycles. The molecule has 1 aromatic carbocycles. The van der Waals surface area contributed by atoms with Crippen LogP contribution in [0, 0.1) is 11.2 Å². The Labute approximate surface area is 93.6 Å². The predicted octanol–water partition coefficient (Wildman–Crippen LogP) is 2.19. The number of benzene rings is 1. The summed E-state index contributed by atoms with van der Waals surface area (Å²) in [6.45, 7) is 2.85. The zero-order valence-corrected chi connectivity index (χ0v) is 9.13. The highest BCUT2D eigenvalue weighted by molar-refractivity contribution is 5.96. The van der Waals surface area contributed by atoms with E-state index in [1.807, 2.05) is 6.92 Å². The van der Waals surface area contributed by atoms with Gasteiger partial charge in [0.2, 0.25) is 5.91 Å². The standard InChI is InChI=1S/C12H14FNO2/c1-2-12(7-16-8-12)11(15)14-10-5-3-4-9(13)6-10/h3-6H,2,7-8H2,1H3,(H,14,15). The fourth-order valence-electron chi connectivity index (χ4n) is 1.67. The minimum Gasteiger partial charge on any atom is -0.379 e. The molecule has 0 aliphatic carbocycles. The van der Waals surface area contributed by atoms with Gasteiger partial charge < -0.3 is 10.1 Å². The molecule has 1 saturated heterocycles. The van der Waals surface area contributed by atoms with Crippen molar-refractivity contribution in [3.05, 3.63) is 30.1 Å². The Hall–Kier alpha value is -1.42. The Balaban J connectivity index is 2.07. The van der Waals surface area contributed by atoms with Crippen molar-refractivity contribution in [3.63, 3.8) is 0 Å². The van der Waals surface area contributed by atoms with Gasteiger partial charge in [0.15, 0.2) is 0 Å². The maximum Gasteiger partial charge on any atom is 0.235 e. The molecular formula is C12H14FNO2. The van der Waals surface area contributed by atoms with Crippen LogP contribution in [0.25, 0.3) is 0 Å². The van der Waals surface area contributed by atoms with Crippen molar-refractivity contribution in [2.24, 2.45) is 5.41 Å². The van der Waals surface area contributed by atoms with Crippen LogP contribution >= 0.6 is 0 Å². The van der Waals surface area contributed by atoms with Crippen molar-refractivity contribution >= 4 is 11.6 Å².